The fraction of sp³-hybridized carbons (Fsp3) is 0.0690. The summed E-state index contributed by atoms with van der Waals surface area (Å²) in [6.07, 6.45) is 1.61. The van der Waals surface area contributed by atoms with E-state index in [1.807, 2.05) is 24.3 Å². The highest BCUT2D eigenvalue weighted by Gasteiger charge is 2.34. The highest BCUT2D eigenvalue weighted by Crippen LogP contribution is 2.50. The Morgan fingerprint density at radius 3 is 2.53 bits per heavy atom. The Labute approximate surface area is 205 Å². The van der Waals surface area contributed by atoms with E-state index in [0.717, 1.165) is 44.5 Å². The van der Waals surface area contributed by atoms with Gasteiger partial charge in [0.25, 0.3) is 0 Å². The third kappa shape index (κ3) is 3.13. The van der Waals surface area contributed by atoms with Crippen LogP contribution in [0.5, 0.6) is 17.4 Å². The topological polar surface area (TPSA) is 61.5 Å². The van der Waals surface area contributed by atoms with Crippen molar-refractivity contribution in [1.82, 2.24) is 19.6 Å². The highest BCUT2D eigenvalue weighted by molar-refractivity contribution is 5.91. The molecule has 0 saturated carbocycles. The first-order valence-electron chi connectivity index (χ1n) is 11.5. The summed E-state index contributed by atoms with van der Waals surface area (Å²) in [5.41, 5.74) is 4.26. The number of fused-ring (bicyclic) bond motifs is 6. The molecule has 1 atom stereocenters. The second kappa shape index (κ2) is 7.88. The van der Waals surface area contributed by atoms with Gasteiger partial charge < -0.3 is 9.47 Å². The van der Waals surface area contributed by atoms with Crippen LogP contribution in [0.1, 0.15) is 22.6 Å². The standard InChI is InChI=1S/C29H19FN4O2/c1-35-21-13-8-18(9-14-21)24-23-15-10-17-4-2-3-5-22(17)26(23)36-29-25(24)28-32-27(33-34(28)16-31-29)19-6-11-20(30)12-7-19/h2-16,24H,1H3/t24-/m1/s1. The lowest BCUT2D eigenvalue weighted by atomic mass is 9.83. The van der Waals surface area contributed by atoms with Gasteiger partial charge in [-0.2, -0.15) is 0 Å². The lowest BCUT2D eigenvalue weighted by Crippen LogP contribution is -2.15. The van der Waals surface area contributed by atoms with Gasteiger partial charge in [-0.05, 0) is 47.3 Å². The highest BCUT2D eigenvalue weighted by atomic mass is 19.1. The van der Waals surface area contributed by atoms with E-state index in [4.69, 9.17) is 14.5 Å². The first-order valence-corrected chi connectivity index (χ1v) is 11.5. The van der Waals surface area contributed by atoms with Crippen LogP contribution in [0, 0.1) is 5.82 Å². The summed E-state index contributed by atoms with van der Waals surface area (Å²) in [6, 6.07) is 26.5. The predicted molar refractivity (Wildman–Crippen MR) is 134 cm³/mol. The van der Waals surface area contributed by atoms with Gasteiger partial charge in [0.05, 0.1) is 12.7 Å². The minimum atomic E-state index is -0.307. The van der Waals surface area contributed by atoms with E-state index in [-0.39, 0.29) is 11.7 Å². The molecule has 0 radical (unpaired) electrons. The number of methoxy groups -OCH3 is 1. The summed E-state index contributed by atoms with van der Waals surface area (Å²) in [5, 5.41) is 6.74. The van der Waals surface area contributed by atoms with Crippen molar-refractivity contribution in [2.45, 2.75) is 5.92 Å². The largest absolute Gasteiger partial charge is 0.497 e. The van der Waals surface area contributed by atoms with Crippen molar-refractivity contribution < 1.29 is 13.9 Å². The van der Waals surface area contributed by atoms with E-state index in [9.17, 15) is 4.39 Å². The number of nitrogens with zero attached hydrogens (tertiary/aromatic N) is 4. The van der Waals surface area contributed by atoms with Crippen molar-refractivity contribution in [1.29, 1.82) is 0 Å². The molecule has 7 heteroatoms. The maximum Gasteiger partial charge on any atom is 0.228 e. The third-order valence-electron chi connectivity index (χ3n) is 6.65. The molecule has 2 aromatic heterocycles. The molecule has 6 nitrogen and oxygen atoms in total. The zero-order valence-corrected chi connectivity index (χ0v) is 19.2. The van der Waals surface area contributed by atoms with Crippen LogP contribution in [0.2, 0.25) is 0 Å². The molecular formula is C29H19FN4O2. The normalized spacial score (nSPS) is 14.3. The summed E-state index contributed by atoms with van der Waals surface area (Å²) < 4.78 is 27.0. The van der Waals surface area contributed by atoms with Crippen LogP contribution in [-0.2, 0) is 0 Å². The molecule has 1 aliphatic rings. The molecule has 36 heavy (non-hydrogen) atoms. The van der Waals surface area contributed by atoms with Gasteiger partial charge >= 0.3 is 0 Å². The minimum Gasteiger partial charge on any atom is -0.497 e. The number of ether oxygens (including phenoxy) is 2. The van der Waals surface area contributed by atoms with Crippen molar-refractivity contribution in [3.8, 4) is 28.8 Å². The average Bonchev–Trinajstić information content (AvgIpc) is 3.37. The van der Waals surface area contributed by atoms with Crippen LogP contribution in [0.15, 0.2) is 91.3 Å². The average molecular weight is 474 g/mol. The monoisotopic (exact) mass is 474 g/mol. The molecule has 7 rings (SSSR count). The van der Waals surface area contributed by atoms with E-state index < -0.39 is 0 Å². The van der Waals surface area contributed by atoms with Crippen LogP contribution in [-0.4, -0.2) is 26.7 Å². The van der Waals surface area contributed by atoms with Gasteiger partial charge in [-0.3, -0.25) is 0 Å². The zero-order valence-electron chi connectivity index (χ0n) is 19.2. The van der Waals surface area contributed by atoms with Crippen LogP contribution in [0.4, 0.5) is 4.39 Å². The fourth-order valence-electron chi connectivity index (χ4n) is 4.91. The van der Waals surface area contributed by atoms with Gasteiger partial charge in [0, 0.05) is 22.4 Å². The molecule has 0 amide bonds. The summed E-state index contributed by atoms with van der Waals surface area (Å²) >= 11 is 0. The van der Waals surface area contributed by atoms with Crippen molar-refractivity contribution in [3.05, 3.63) is 114 Å². The van der Waals surface area contributed by atoms with E-state index in [2.05, 4.69) is 46.5 Å². The van der Waals surface area contributed by atoms with E-state index in [1.165, 1.54) is 12.1 Å². The van der Waals surface area contributed by atoms with Crippen LogP contribution >= 0.6 is 0 Å². The molecule has 0 fully saturated rings. The van der Waals surface area contributed by atoms with Gasteiger partial charge in [-0.15, -0.1) is 5.10 Å². The maximum atomic E-state index is 13.5. The Hall–Kier alpha value is -4.78. The molecule has 3 heterocycles. The van der Waals surface area contributed by atoms with Crippen molar-refractivity contribution in [2.75, 3.05) is 7.11 Å². The SMILES string of the molecule is COc1ccc([C@@H]2c3ccc4ccccc4c3Oc3ncn4nc(-c5ccc(F)cc5)nc4c32)cc1. The number of rotatable bonds is 3. The number of benzene rings is 4. The Balaban J connectivity index is 1.49. The van der Waals surface area contributed by atoms with Gasteiger partial charge in [0.2, 0.25) is 5.88 Å². The van der Waals surface area contributed by atoms with Crippen LogP contribution in [0.25, 0.3) is 27.8 Å². The third-order valence-corrected chi connectivity index (χ3v) is 6.65. The minimum absolute atomic E-state index is 0.194. The molecular weight excluding hydrogens is 455 g/mol. The van der Waals surface area contributed by atoms with Crippen molar-refractivity contribution >= 4 is 16.4 Å². The van der Waals surface area contributed by atoms with Crippen molar-refractivity contribution in [2.24, 2.45) is 0 Å². The Bertz CT molecular complexity index is 1760. The van der Waals surface area contributed by atoms with Crippen LogP contribution in [0.3, 0.4) is 0 Å². The molecule has 174 valence electrons. The van der Waals surface area contributed by atoms with E-state index in [0.29, 0.717) is 17.4 Å². The molecule has 0 N–H and O–H groups in total. The lowest BCUT2D eigenvalue weighted by molar-refractivity contribution is 0.414. The van der Waals surface area contributed by atoms with Crippen molar-refractivity contribution in [3.63, 3.8) is 0 Å². The number of halogens is 1. The molecule has 0 aliphatic carbocycles. The van der Waals surface area contributed by atoms with Crippen LogP contribution < -0.4 is 9.47 Å². The Morgan fingerprint density at radius 2 is 1.72 bits per heavy atom. The Morgan fingerprint density at radius 1 is 0.917 bits per heavy atom. The Kier molecular flexibility index (Phi) is 4.51. The first-order chi connectivity index (χ1) is 17.7. The number of hydrogen-bond acceptors (Lipinski definition) is 5. The smallest absolute Gasteiger partial charge is 0.228 e. The molecule has 4 aromatic carbocycles. The first kappa shape index (κ1) is 20.6. The zero-order chi connectivity index (χ0) is 24.2. The quantitative estimate of drug-likeness (QED) is 0.297. The summed E-state index contributed by atoms with van der Waals surface area (Å²) in [5.74, 6) is 2.05. The molecule has 1 aliphatic heterocycles. The second-order valence-corrected chi connectivity index (χ2v) is 8.69. The molecule has 0 unspecified atom stereocenters. The summed E-state index contributed by atoms with van der Waals surface area (Å²) in [4.78, 5) is 9.49. The van der Waals surface area contributed by atoms with Gasteiger partial charge in [0.15, 0.2) is 11.5 Å². The second-order valence-electron chi connectivity index (χ2n) is 8.69. The number of hydrogen-bond donors (Lipinski definition) is 0. The fourth-order valence-corrected chi connectivity index (χ4v) is 4.91. The lowest BCUT2D eigenvalue weighted by Gasteiger charge is -2.28. The molecule has 0 saturated heterocycles. The molecule has 0 spiro atoms. The van der Waals surface area contributed by atoms with E-state index >= 15 is 0 Å². The predicted octanol–water partition coefficient (Wildman–Crippen LogP) is 6.38. The van der Waals surface area contributed by atoms with Gasteiger partial charge in [-0.25, -0.2) is 18.9 Å². The van der Waals surface area contributed by atoms with Gasteiger partial charge in [0.1, 0.15) is 23.6 Å². The number of aromatic nitrogens is 4. The van der Waals surface area contributed by atoms with Gasteiger partial charge in [-0.1, -0.05) is 48.5 Å². The maximum absolute atomic E-state index is 13.5. The molecule has 0 bridgehead atoms. The molecule has 6 aromatic rings. The summed E-state index contributed by atoms with van der Waals surface area (Å²) in [6.45, 7) is 0. The summed E-state index contributed by atoms with van der Waals surface area (Å²) in [7, 11) is 1.65. The van der Waals surface area contributed by atoms with E-state index in [1.54, 1.807) is 30.1 Å².